The van der Waals surface area contributed by atoms with Crippen LogP contribution in [0.3, 0.4) is 0 Å². The highest BCUT2D eigenvalue weighted by molar-refractivity contribution is 5.90. The fraction of sp³-hybridized carbons (Fsp3) is 0.0476. The van der Waals surface area contributed by atoms with E-state index >= 15 is 0 Å². The normalized spacial score (nSPS) is 12.2. The predicted molar refractivity (Wildman–Crippen MR) is 93.2 cm³/mol. The molecule has 2 heteroatoms. The third kappa shape index (κ3) is 1.88. The summed E-state index contributed by atoms with van der Waals surface area (Å²) in [6.45, 7) is 0. The molecule has 4 aromatic rings. The van der Waals surface area contributed by atoms with Crippen LogP contribution in [-0.4, -0.2) is 9.97 Å². The second-order valence-corrected chi connectivity index (χ2v) is 5.92. The number of aromatic nitrogens is 2. The van der Waals surface area contributed by atoms with Gasteiger partial charge in [0.1, 0.15) is 0 Å². The lowest BCUT2D eigenvalue weighted by Crippen LogP contribution is -1.91. The summed E-state index contributed by atoms with van der Waals surface area (Å²) in [6, 6.07) is 23.1. The maximum absolute atomic E-state index is 4.83. The van der Waals surface area contributed by atoms with Crippen LogP contribution in [0.25, 0.3) is 33.4 Å². The van der Waals surface area contributed by atoms with E-state index in [-0.39, 0.29) is 0 Å². The average Bonchev–Trinajstić information content (AvgIpc) is 3.00. The molecule has 23 heavy (non-hydrogen) atoms. The predicted octanol–water partition coefficient (Wildman–Crippen LogP) is 4.87. The molecule has 0 N–H and O–H groups in total. The summed E-state index contributed by atoms with van der Waals surface area (Å²) in [6.07, 6.45) is 2.89. The molecule has 108 valence electrons. The Morgan fingerprint density at radius 1 is 0.652 bits per heavy atom. The van der Waals surface area contributed by atoms with Crippen LogP contribution in [0.5, 0.6) is 0 Å². The van der Waals surface area contributed by atoms with Crippen molar-refractivity contribution in [3.63, 3.8) is 0 Å². The summed E-state index contributed by atoms with van der Waals surface area (Å²) in [5, 5.41) is 0. The molecule has 0 radical (unpaired) electrons. The SMILES string of the molecule is c1ccc2c(c1)Cc1cccc(-c3cnc4ccccc4n3)c1-2. The van der Waals surface area contributed by atoms with E-state index in [2.05, 4.69) is 47.4 Å². The van der Waals surface area contributed by atoms with E-state index in [1.807, 2.05) is 30.5 Å². The zero-order chi connectivity index (χ0) is 15.2. The second-order valence-electron chi connectivity index (χ2n) is 5.92. The average molecular weight is 294 g/mol. The van der Waals surface area contributed by atoms with Crippen molar-refractivity contribution in [3.05, 3.63) is 84.1 Å². The molecule has 0 saturated heterocycles. The van der Waals surface area contributed by atoms with Crippen molar-refractivity contribution in [3.8, 4) is 22.4 Å². The van der Waals surface area contributed by atoms with Crippen molar-refractivity contribution in [2.24, 2.45) is 0 Å². The van der Waals surface area contributed by atoms with Gasteiger partial charge in [0.15, 0.2) is 0 Å². The Hall–Kier alpha value is -3.00. The van der Waals surface area contributed by atoms with Crippen LogP contribution >= 0.6 is 0 Å². The number of nitrogens with zero attached hydrogens (tertiary/aromatic N) is 2. The Morgan fingerprint density at radius 2 is 1.39 bits per heavy atom. The number of benzene rings is 3. The van der Waals surface area contributed by atoms with Crippen molar-refractivity contribution < 1.29 is 0 Å². The van der Waals surface area contributed by atoms with Crippen molar-refractivity contribution in [1.82, 2.24) is 9.97 Å². The van der Waals surface area contributed by atoms with E-state index in [4.69, 9.17) is 4.98 Å². The molecular weight excluding hydrogens is 280 g/mol. The van der Waals surface area contributed by atoms with Crippen molar-refractivity contribution in [2.75, 3.05) is 0 Å². The molecule has 3 aromatic carbocycles. The minimum Gasteiger partial charge on any atom is -0.252 e. The third-order valence-electron chi connectivity index (χ3n) is 4.54. The smallest absolute Gasteiger partial charge is 0.0899 e. The van der Waals surface area contributed by atoms with Gasteiger partial charge in [0.05, 0.1) is 22.9 Å². The first-order chi connectivity index (χ1) is 11.4. The summed E-state index contributed by atoms with van der Waals surface area (Å²) in [4.78, 5) is 9.41. The molecule has 0 spiro atoms. The van der Waals surface area contributed by atoms with Crippen LogP contribution < -0.4 is 0 Å². The van der Waals surface area contributed by atoms with Gasteiger partial charge in [-0.1, -0.05) is 54.6 Å². The Labute approximate surface area is 134 Å². The van der Waals surface area contributed by atoms with E-state index in [0.29, 0.717) is 0 Å². The lowest BCUT2D eigenvalue weighted by molar-refractivity contribution is 1.26. The van der Waals surface area contributed by atoms with Crippen molar-refractivity contribution in [2.45, 2.75) is 6.42 Å². The van der Waals surface area contributed by atoms with Gasteiger partial charge in [0, 0.05) is 5.56 Å². The largest absolute Gasteiger partial charge is 0.252 e. The fourth-order valence-electron chi connectivity index (χ4n) is 3.49. The zero-order valence-electron chi connectivity index (χ0n) is 12.5. The van der Waals surface area contributed by atoms with Gasteiger partial charge in [-0.15, -0.1) is 0 Å². The number of hydrogen-bond donors (Lipinski definition) is 0. The molecule has 0 bridgehead atoms. The molecule has 1 aliphatic carbocycles. The first-order valence-corrected chi connectivity index (χ1v) is 7.82. The number of rotatable bonds is 1. The molecule has 0 unspecified atom stereocenters. The fourth-order valence-corrected chi connectivity index (χ4v) is 3.49. The number of para-hydroxylation sites is 2. The molecule has 2 nitrogen and oxygen atoms in total. The highest BCUT2D eigenvalue weighted by atomic mass is 14.8. The van der Waals surface area contributed by atoms with E-state index in [9.17, 15) is 0 Å². The maximum Gasteiger partial charge on any atom is 0.0899 e. The van der Waals surface area contributed by atoms with Gasteiger partial charge in [0.25, 0.3) is 0 Å². The zero-order valence-corrected chi connectivity index (χ0v) is 12.5. The highest BCUT2D eigenvalue weighted by Crippen LogP contribution is 2.42. The van der Waals surface area contributed by atoms with Gasteiger partial charge < -0.3 is 0 Å². The second kappa shape index (κ2) is 4.75. The molecule has 1 aliphatic rings. The van der Waals surface area contributed by atoms with Crippen LogP contribution in [0.1, 0.15) is 11.1 Å². The lowest BCUT2D eigenvalue weighted by Gasteiger charge is -2.09. The molecule has 0 saturated carbocycles. The molecule has 0 aliphatic heterocycles. The first kappa shape index (κ1) is 12.5. The van der Waals surface area contributed by atoms with Gasteiger partial charge in [-0.2, -0.15) is 0 Å². The van der Waals surface area contributed by atoms with Gasteiger partial charge in [-0.25, -0.2) is 4.98 Å². The monoisotopic (exact) mass is 294 g/mol. The summed E-state index contributed by atoms with van der Waals surface area (Å²) in [5.41, 5.74) is 9.39. The highest BCUT2D eigenvalue weighted by Gasteiger charge is 2.21. The quantitative estimate of drug-likeness (QED) is 0.441. The summed E-state index contributed by atoms with van der Waals surface area (Å²) in [5.74, 6) is 0. The lowest BCUT2D eigenvalue weighted by atomic mass is 9.97. The van der Waals surface area contributed by atoms with Gasteiger partial charge in [-0.3, -0.25) is 4.98 Å². The van der Waals surface area contributed by atoms with Crippen molar-refractivity contribution in [1.29, 1.82) is 0 Å². The van der Waals surface area contributed by atoms with E-state index < -0.39 is 0 Å². The Balaban J connectivity index is 1.78. The molecule has 0 atom stereocenters. The van der Waals surface area contributed by atoms with Gasteiger partial charge >= 0.3 is 0 Å². The Bertz CT molecular complexity index is 1050. The molecule has 1 aromatic heterocycles. The summed E-state index contributed by atoms with van der Waals surface area (Å²) >= 11 is 0. The van der Waals surface area contributed by atoms with Gasteiger partial charge in [0.2, 0.25) is 0 Å². The maximum atomic E-state index is 4.83. The Kier molecular flexibility index (Phi) is 2.59. The molecular formula is C21H14N2. The Morgan fingerprint density at radius 3 is 2.35 bits per heavy atom. The molecule has 1 heterocycles. The van der Waals surface area contributed by atoms with Crippen LogP contribution in [0, 0.1) is 0 Å². The molecule has 0 amide bonds. The van der Waals surface area contributed by atoms with Crippen LogP contribution in [0.15, 0.2) is 72.9 Å². The van der Waals surface area contributed by atoms with Crippen LogP contribution in [0.2, 0.25) is 0 Å². The van der Waals surface area contributed by atoms with E-state index in [1.165, 1.54) is 27.8 Å². The van der Waals surface area contributed by atoms with E-state index in [1.54, 1.807) is 0 Å². The van der Waals surface area contributed by atoms with Gasteiger partial charge in [-0.05, 0) is 40.8 Å². The first-order valence-electron chi connectivity index (χ1n) is 7.82. The standard InChI is InChI=1S/C21H14N2/c1-2-8-16-14(6-1)12-15-7-5-9-17(21(15)16)20-13-22-18-10-3-4-11-19(18)23-20/h1-11,13H,12H2. The van der Waals surface area contributed by atoms with Crippen LogP contribution in [0.4, 0.5) is 0 Å². The third-order valence-corrected chi connectivity index (χ3v) is 4.54. The molecule has 5 rings (SSSR count). The van der Waals surface area contributed by atoms with Crippen LogP contribution in [-0.2, 0) is 6.42 Å². The summed E-state index contributed by atoms with van der Waals surface area (Å²) < 4.78 is 0. The number of hydrogen-bond acceptors (Lipinski definition) is 2. The number of fused-ring (bicyclic) bond motifs is 4. The van der Waals surface area contributed by atoms with E-state index in [0.717, 1.165) is 23.1 Å². The molecule has 0 fully saturated rings. The topological polar surface area (TPSA) is 25.8 Å². The minimum absolute atomic E-state index is 0.934. The summed E-state index contributed by atoms with van der Waals surface area (Å²) in [7, 11) is 0. The van der Waals surface area contributed by atoms with Crippen molar-refractivity contribution >= 4 is 11.0 Å². The minimum atomic E-state index is 0.934.